The first-order chi connectivity index (χ1) is 33.3. The number of benzene rings is 4. The van der Waals surface area contributed by atoms with Crippen LogP contribution in [0.5, 0.6) is 0 Å². The molecule has 2 saturated heterocycles. The number of aliphatic carboxylic acids is 2. The number of piperidine rings is 2. The van der Waals surface area contributed by atoms with Crippen molar-refractivity contribution in [3.63, 3.8) is 0 Å². The first-order valence-electron chi connectivity index (χ1n) is 24.5. The molecule has 70 heavy (non-hydrogen) atoms. The fraction of sp³-hybridized carbons (Fsp3) is 0.491. The summed E-state index contributed by atoms with van der Waals surface area (Å²) in [5.41, 5.74) is 1.33. The van der Waals surface area contributed by atoms with Crippen LogP contribution in [0.1, 0.15) is 148 Å². The van der Waals surface area contributed by atoms with Crippen LogP contribution in [0.4, 0.5) is 8.78 Å². The summed E-state index contributed by atoms with van der Waals surface area (Å²) in [4.78, 5) is 48.4. The molecule has 15 heteroatoms. The van der Waals surface area contributed by atoms with E-state index in [0.29, 0.717) is 66.1 Å². The molecule has 4 aromatic rings. The molecule has 0 spiro atoms. The second-order valence-electron chi connectivity index (χ2n) is 18.1. The smallest absolute Gasteiger partial charge is 0.332 e. The van der Waals surface area contributed by atoms with Gasteiger partial charge in [0.2, 0.25) is 0 Å². The third kappa shape index (κ3) is 22.6. The van der Waals surface area contributed by atoms with Crippen molar-refractivity contribution in [3.05, 3.63) is 141 Å². The molecule has 11 nitrogen and oxygen atoms in total. The van der Waals surface area contributed by atoms with E-state index < -0.39 is 29.2 Å². The van der Waals surface area contributed by atoms with Gasteiger partial charge in [-0.25, -0.2) is 13.6 Å². The number of rotatable bonds is 21. The normalized spacial score (nSPS) is 15.7. The van der Waals surface area contributed by atoms with Crippen LogP contribution in [0.2, 0.25) is 10.0 Å². The maximum Gasteiger partial charge on any atom is 0.332 e. The second kappa shape index (κ2) is 31.7. The number of halogens is 4. The van der Waals surface area contributed by atoms with Gasteiger partial charge in [-0.3, -0.25) is 14.4 Å². The number of Topliss-reactive ketones (excluding diaryl/α,β-unsaturated/α-hetero) is 2. The van der Waals surface area contributed by atoms with Crippen LogP contribution in [0.25, 0.3) is 0 Å². The first kappa shape index (κ1) is 59.7. The Morgan fingerprint density at radius 1 is 0.543 bits per heavy atom. The summed E-state index contributed by atoms with van der Waals surface area (Å²) in [6.07, 6.45) is 12.5. The molecular weight excluding hydrogens is 942 g/mol. The van der Waals surface area contributed by atoms with Crippen molar-refractivity contribution in [1.29, 1.82) is 0 Å². The minimum absolute atomic E-state index is 0.0414. The largest absolute Gasteiger partial charge is 0.481 e. The molecule has 0 radical (unpaired) electrons. The van der Waals surface area contributed by atoms with Gasteiger partial charge in [-0.05, 0) is 149 Å². The number of aliphatic hydroxyl groups excluding tert-OH is 1. The highest BCUT2D eigenvalue weighted by Crippen LogP contribution is 2.35. The van der Waals surface area contributed by atoms with Gasteiger partial charge in [-0.2, -0.15) is 0 Å². The van der Waals surface area contributed by atoms with Crippen LogP contribution in [0, 0.1) is 11.6 Å². The van der Waals surface area contributed by atoms with Crippen molar-refractivity contribution in [3.8, 4) is 0 Å². The Morgan fingerprint density at radius 3 is 1.19 bits per heavy atom. The van der Waals surface area contributed by atoms with Gasteiger partial charge in [0.1, 0.15) is 17.7 Å². The Bertz CT molecular complexity index is 2010. The van der Waals surface area contributed by atoms with Crippen LogP contribution in [-0.4, -0.2) is 104 Å². The molecule has 1 unspecified atom stereocenters. The van der Waals surface area contributed by atoms with Crippen molar-refractivity contribution in [1.82, 2.24) is 9.80 Å². The fourth-order valence-corrected chi connectivity index (χ4v) is 8.36. The van der Waals surface area contributed by atoms with Crippen LogP contribution < -0.4 is 0 Å². The van der Waals surface area contributed by atoms with Crippen molar-refractivity contribution >= 4 is 46.7 Å². The lowest BCUT2D eigenvalue weighted by molar-refractivity contribution is -0.145. The predicted octanol–water partition coefficient (Wildman–Crippen LogP) is 11.5. The average Bonchev–Trinajstić information content (AvgIpc) is 3.34. The summed E-state index contributed by atoms with van der Waals surface area (Å²) >= 11 is 11.8. The molecule has 2 heterocycles. The highest BCUT2D eigenvalue weighted by Gasteiger charge is 2.35. The predicted molar refractivity (Wildman–Crippen MR) is 272 cm³/mol. The Labute approximate surface area is 422 Å². The SMILES string of the molecule is CC(O)C(=O)O.CCCCCCCCCC(=O)O.O=C(CCCN1CCC(O)(c2ccc(Cl)cc2)CC1)c1ccc(F)cc1.O=C(CCCN1CCC(O)(c2ccc(Cl)cc2)CC1)c1ccc(F)cc1. The Balaban J connectivity index is 0.000000277. The third-order valence-corrected chi connectivity index (χ3v) is 13.1. The monoisotopic (exact) mass is 1010 g/mol. The second-order valence-corrected chi connectivity index (χ2v) is 19.0. The van der Waals surface area contributed by atoms with Crippen LogP contribution >= 0.6 is 23.2 Å². The molecule has 2 aliphatic heterocycles. The zero-order valence-corrected chi connectivity index (χ0v) is 42.2. The summed E-state index contributed by atoms with van der Waals surface area (Å²) < 4.78 is 25.8. The number of carbonyl (C=O) groups excluding carboxylic acids is 2. The molecule has 0 aromatic heterocycles. The molecule has 2 fully saturated rings. The summed E-state index contributed by atoms with van der Waals surface area (Å²) in [5, 5.41) is 47.2. The van der Waals surface area contributed by atoms with Gasteiger partial charge in [0, 0.05) is 66.6 Å². The lowest BCUT2D eigenvalue weighted by atomic mass is 9.84. The first-order valence-corrected chi connectivity index (χ1v) is 25.2. The Hall–Kier alpha value is -4.60. The molecule has 384 valence electrons. The summed E-state index contributed by atoms with van der Waals surface area (Å²) in [6, 6.07) is 26.2. The van der Waals surface area contributed by atoms with Gasteiger partial charge in [0.05, 0.1) is 11.2 Å². The molecule has 6 rings (SSSR count). The lowest BCUT2D eigenvalue weighted by Gasteiger charge is -2.38. The molecule has 0 amide bonds. The number of ketones is 2. The van der Waals surface area contributed by atoms with E-state index in [2.05, 4.69) is 16.7 Å². The Kier molecular flexibility index (Phi) is 27.0. The van der Waals surface area contributed by atoms with Gasteiger partial charge in [0.15, 0.2) is 11.6 Å². The van der Waals surface area contributed by atoms with E-state index in [1.54, 1.807) is 0 Å². The summed E-state index contributed by atoms with van der Waals surface area (Å²) in [5.74, 6) is -2.43. The fourth-order valence-electron chi connectivity index (χ4n) is 8.11. The number of unbranched alkanes of at least 4 members (excludes halogenated alkanes) is 6. The lowest BCUT2D eigenvalue weighted by Crippen LogP contribution is -2.42. The number of carboxylic acids is 2. The number of hydrogen-bond acceptors (Lipinski definition) is 9. The molecular formula is C55H72Cl2F2N2O9. The van der Waals surface area contributed by atoms with E-state index in [0.717, 1.165) is 76.1 Å². The highest BCUT2D eigenvalue weighted by molar-refractivity contribution is 6.30. The van der Waals surface area contributed by atoms with E-state index in [4.69, 9.17) is 38.5 Å². The third-order valence-electron chi connectivity index (χ3n) is 12.6. The van der Waals surface area contributed by atoms with E-state index >= 15 is 0 Å². The molecule has 0 bridgehead atoms. The molecule has 2 aliphatic rings. The maximum absolute atomic E-state index is 12.9. The molecule has 1 atom stereocenters. The average molecular weight is 1010 g/mol. The number of carboxylic acid groups (broad SMARTS) is 2. The van der Waals surface area contributed by atoms with Gasteiger partial charge >= 0.3 is 11.9 Å². The van der Waals surface area contributed by atoms with Gasteiger partial charge in [0.25, 0.3) is 0 Å². The zero-order valence-electron chi connectivity index (χ0n) is 40.6. The van der Waals surface area contributed by atoms with Gasteiger partial charge < -0.3 is 35.3 Å². The number of likely N-dealkylation sites (tertiary alicyclic amines) is 2. The molecule has 4 aromatic carbocycles. The van der Waals surface area contributed by atoms with Crippen LogP contribution in [0.15, 0.2) is 97.1 Å². The molecule has 0 saturated carbocycles. The minimum atomic E-state index is -1.23. The van der Waals surface area contributed by atoms with Crippen LogP contribution in [0.3, 0.4) is 0 Å². The summed E-state index contributed by atoms with van der Waals surface area (Å²) in [7, 11) is 0. The Morgan fingerprint density at radius 2 is 0.871 bits per heavy atom. The highest BCUT2D eigenvalue weighted by atomic mass is 35.5. The van der Waals surface area contributed by atoms with Crippen molar-refractivity contribution in [2.24, 2.45) is 0 Å². The van der Waals surface area contributed by atoms with Gasteiger partial charge in [-0.1, -0.05) is 92.9 Å². The van der Waals surface area contributed by atoms with Crippen molar-refractivity contribution < 1.29 is 53.5 Å². The summed E-state index contributed by atoms with van der Waals surface area (Å²) in [6.45, 7) is 8.22. The number of hydrogen-bond donors (Lipinski definition) is 5. The minimum Gasteiger partial charge on any atom is -0.481 e. The van der Waals surface area contributed by atoms with Crippen molar-refractivity contribution in [2.75, 3.05) is 39.3 Å². The number of carbonyl (C=O) groups is 4. The number of nitrogens with zero attached hydrogens (tertiary/aromatic N) is 2. The van der Waals surface area contributed by atoms with Crippen LogP contribution in [-0.2, 0) is 20.8 Å². The molecule has 0 aliphatic carbocycles. The number of aliphatic hydroxyl groups is 3. The topological polar surface area (TPSA) is 176 Å². The zero-order chi connectivity index (χ0) is 51.5. The van der Waals surface area contributed by atoms with Gasteiger partial charge in [-0.15, -0.1) is 0 Å². The van der Waals surface area contributed by atoms with E-state index in [1.165, 1.54) is 87.6 Å². The quantitative estimate of drug-likeness (QED) is 0.0397. The standard InChI is InChI=1S/2C21H23ClFNO2.C10H20O2.C3H6O3/c2*22-18-7-5-17(6-8-18)21(26)11-14-24(15-12-21)13-1-2-20(25)16-3-9-19(23)10-4-16;1-2-3-4-5-6-7-8-9-10(11)12;1-2(4)3(5)6/h2*3-10,26H,1-2,11-15H2;2-9H2,1H3,(H,11,12);2,4H,1H3,(H,5,6). The van der Waals surface area contributed by atoms with E-state index in [-0.39, 0.29) is 23.2 Å². The van der Waals surface area contributed by atoms with Crippen molar-refractivity contribution in [2.45, 2.75) is 134 Å². The molecule has 5 N–H and O–H groups in total. The van der Waals surface area contributed by atoms with E-state index in [9.17, 15) is 38.2 Å². The maximum atomic E-state index is 12.9. The van der Waals surface area contributed by atoms with E-state index in [1.807, 2.05) is 48.5 Å².